The zero-order valence-corrected chi connectivity index (χ0v) is 5.65. The Bertz CT molecular complexity index is 143. The van der Waals surface area contributed by atoms with Gasteiger partial charge in [-0.3, -0.25) is 0 Å². The number of hydrogen-bond donors (Lipinski definition) is 1. The standard InChI is InChI=1S/C5H5F3O2.H3N/c1-2-3-10-4(9)5(6,7)8;/h2H,1,3H2;1H3. The molecule has 0 aliphatic heterocycles. The summed E-state index contributed by atoms with van der Waals surface area (Å²) in [7, 11) is 0. The minimum absolute atomic E-state index is 0. The molecule has 6 heteroatoms. The largest absolute Gasteiger partial charge is 0.490 e. The van der Waals surface area contributed by atoms with E-state index in [0.717, 1.165) is 6.08 Å². The number of esters is 1. The molecule has 0 bridgehead atoms. The van der Waals surface area contributed by atoms with Gasteiger partial charge in [-0.2, -0.15) is 13.2 Å². The van der Waals surface area contributed by atoms with Gasteiger partial charge in [-0.05, 0) is 0 Å². The van der Waals surface area contributed by atoms with Crippen LogP contribution < -0.4 is 6.15 Å². The summed E-state index contributed by atoms with van der Waals surface area (Å²) < 4.78 is 37.5. The second-order valence-corrected chi connectivity index (χ2v) is 1.38. The lowest BCUT2D eigenvalue weighted by molar-refractivity contribution is -0.198. The van der Waals surface area contributed by atoms with Gasteiger partial charge in [-0.15, -0.1) is 0 Å². The molecule has 0 aromatic carbocycles. The molecule has 0 unspecified atom stereocenters. The van der Waals surface area contributed by atoms with Crippen molar-refractivity contribution in [3.8, 4) is 0 Å². The Morgan fingerprint density at radius 3 is 2.27 bits per heavy atom. The molecular formula is C5H8F3NO2. The van der Waals surface area contributed by atoms with Gasteiger partial charge in [0.05, 0.1) is 0 Å². The number of carbonyl (C=O) groups excluding carboxylic acids is 1. The summed E-state index contributed by atoms with van der Waals surface area (Å²) in [6.07, 6.45) is -3.84. The van der Waals surface area contributed by atoms with Crippen LogP contribution in [0.5, 0.6) is 0 Å². The molecule has 0 fully saturated rings. The van der Waals surface area contributed by atoms with Crippen molar-refractivity contribution in [3.05, 3.63) is 12.7 Å². The highest BCUT2D eigenvalue weighted by molar-refractivity contribution is 5.75. The van der Waals surface area contributed by atoms with Gasteiger partial charge in [0.1, 0.15) is 6.61 Å². The van der Waals surface area contributed by atoms with Crippen LogP contribution in [0.3, 0.4) is 0 Å². The van der Waals surface area contributed by atoms with Gasteiger partial charge in [0.15, 0.2) is 0 Å². The summed E-state index contributed by atoms with van der Waals surface area (Å²) in [6.45, 7) is 2.65. The number of halogens is 3. The van der Waals surface area contributed by atoms with E-state index in [1.54, 1.807) is 0 Å². The summed E-state index contributed by atoms with van der Waals surface area (Å²) >= 11 is 0. The maximum Gasteiger partial charge on any atom is 0.490 e. The normalized spacial score (nSPS) is 9.73. The van der Waals surface area contributed by atoms with Crippen LogP contribution in [0.4, 0.5) is 13.2 Å². The molecule has 0 aromatic heterocycles. The highest BCUT2D eigenvalue weighted by Gasteiger charge is 2.40. The Balaban J connectivity index is 0. The van der Waals surface area contributed by atoms with E-state index >= 15 is 0 Å². The third-order valence-electron chi connectivity index (χ3n) is 0.564. The SMILES string of the molecule is C=CCOC(=O)C(F)(F)F.N. The van der Waals surface area contributed by atoms with Crippen LogP contribution in [0.2, 0.25) is 0 Å². The monoisotopic (exact) mass is 171 g/mol. The van der Waals surface area contributed by atoms with Gasteiger partial charge >= 0.3 is 12.1 Å². The molecule has 0 radical (unpaired) electrons. The molecule has 0 aliphatic rings. The number of rotatable bonds is 2. The minimum atomic E-state index is -4.90. The summed E-state index contributed by atoms with van der Waals surface area (Å²) in [5, 5.41) is 0. The second kappa shape index (κ2) is 4.73. The zero-order valence-electron chi connectivity index (χ0n) is 5.65. The number of alkyl halides is 3. The van der Waals surface area contributed by atoms with E-state index in [9.17, 15) is 18.0 Å². The van der Waals surface area contributed by atoms with Gasteiger partial charge in [0.2, 0.25) is 0 Å². The van der Waals surface area contributed by atoms with Crippen molar-refractivity contribution < 1.29 is 22.7 Å². The first kappa shape index (κ1) is 12.6. The molecule has 0 spiro atoms. The van der Waals surface area contributed by atoms with Gasteiger partial charge in [-0.25, -0.2) is 4.79 Å². The highest BCUT2D eigenvalue weighted by atomic mass is 19.4. The van der Waals surface area contributed by atoms with Crippen molar-refractivity contribution in [1.82, 2.24) is 6.15 Å². The second-order valence-electron chi connectivity index (χ2n) is 1.38. The van der Waals surface area contributed by atoms with Crippen LogP contribution in [-0.4, -0.2) is 18.8 Å². The lowest BCUT2D eigenvalue weighted by atomic mass is 10.6. The van der Waals surface area contributed by atoms with Crippen molar-refractivity contribution in [2.75, 3.05) is 6.61 Å². The quantitative estimate of drug-likeness (QED) is 0.505. The lowest BCUT2D eigenvalue weighted by Crippen LogP contribution is -2.25. The van der Waals surface area contributed by atoms with E-state index in [1.165, 1.54) is 0 Å². The van der Waals surface area contributed by atoms with Gasteiger partial charge in [0.25, 0.3) is 0 Å². The topological polar surface area (TPSA) is 61.3 Å². The summed E-state index contributed by atoms with van der Waals surface area (Å²) in [6, 6.07) is 0. The Labute approximate surface area is 61.4 Å². The molecule has 0 rings (SSSR count). The third kappa shape index (κ3) is 5.41. The molecule has 0 heterocycles. The molecule has 0 amide bonds. The van der Waals surface area contributed by atoms with Crippen molar-refractivity contribution >= 4 is 5.97 Å². The fourth-order valence-corrected chi connectivity index (χ4v) is 0.216. The first-order chi connectivity index (χ1) is 4.48. The molecule has 11 heavy (non-hydrogen) atoms. The molecule has 3 N–H and O–H groups in total. The molecule has 0 saturated carbocycles. The van der Waals surface area contributed by atoms with Crippen molar-refractivity contribution in [2.45, 2.75) is 6.18 Å². The predicted octanol–water partition coefficient (Wildman–Crippen LogP) is 1.44. The van der Waals surface area contributed by atoms with E-state index in [0.29, 0.717) is 0 Å². The van der Waals surface area contributed by atoms with Crippen LogP contribution in [-0.2, 0) is 9.53 Å². The van der Waals surface area contributed by atoms with Crippen LogP contribution in [0, 0.1) is 0 Å². The van der Waals surface area contributed by atoms with E-state index in [-0.39, 0.29) is 6.15 Å². The number of hydrogen-bond acceptors (Lipinski definition) is 3. The molecule has 3 nitrogen and oxygen atoms in total. The Morgan fingerprint density at radius 1 is 1.55 bits per heavy atom. The maximum atomic E-state index is 11.3. The maximum absolute atomic E-state index is 11.3. The fraction of sp³-hybridized carbons (Fsp3) is 0.400. The summed E-state index contributed by atoms with van der Waals surface area (Å²) in [5.41, 5.74) is 0. The van der Waals surface area contributed by atoms with Gasteiger partial charge in [-0.1, -0.05) is 12.7 Å². The minimum Gasteiger partial charge on any atom is -0.455 e. The van der Waals surface area contributed by atoms with Crippen LogP contribution in [0.1, 0.15) is 0 Å². The van der Waals surface area contributed by atoms with Crippen molar-refractivity contribution in [2.24, 2.45) is 0 Å². The van der Waals surface area contributed by atoms with Crippen molar-refractivity contribution in [1.29, 1.82) is 0 Å². The summed E-state index contributed by atoms with van der Waals surface area (Å²) in [5.74, 6) is -2.19. The Hall–Kier alpha value is -1.04. The van der Waals surface area contributed by atoms with Crippen molar-refractivity contribution in [3.63, 3.8) is 0 Å². The highest BCUT2D eigenvalue weighted by Crippen LogP contribution is 2.15. The zero-order chi connectivity index (χ0) is 8.20. The first-order valence-corrected chi connectivity index (χ1v) is 2.33. The van der Waals surface area contributed by atoms with E-state index in [1.807, 2.05) is 0 Å². The third-order valence-corrected chi connectivity index (χ3v) is 0.564. The smallest absolute Gasteiger partial charge is 0.455 e. The number of carbonyl (C=O) groups is 1. The van der Waals surface area contributed by atoms with E-state index in [4.69, 9.17) is 0 Å². The van der Waals surface area contributed by atoms with Gasteiger partial charge < -0.3 is 10.9 Å². The van der Waals surface area contributed by atoms with E-state index < -0.39 is 18.8 Å². The average molecular weight is 171 g/mol. The molecule has 0 saturated heterocycles. The number of ether oxygens (including phenoxy) is 1. The van der Waals surface area contributed by atoms with Crippen LogP contribution in [0.25, 0.3) is 0 Å². The lowest BCUT2D eigenvalue weighted by Gasteiger charge is -2.03. The molecule has 66 valence electrons. The average Bonchev–Trinajstić information content (AvgIpc) is 1.80. The molecule has 0 atom stereocenters. The predicted molar refractivity (Wildman–Crippen MR) is 32.2 cm³/mol. The van der Waals surface area contributed by atoms with E-state index in [2.05, 4.69) is 11.3 Å². The van der Waals surface area contributed by atoms with Crippen LogP contribution >= 0.6 is 0 Å². The summed E-state index contributed by atoms with van der Waals surface area (Å²) in [4.78, 5) is 9.83. The fourth-order valence-electron chi connectivity index (χ4n) is 0.216. The first-order valence-electron chi connectivity index (χ1n) is 2.33. The van der Waals surface area contributed by atoms with Crippen LogP contribution in [0.15, 0.2) is 12.7 Å². The van der Waals surface area contributed by atoms with Gasteiger partial charge in [0, 0.05) is 0 Å². The molecular weight excluding hydrogens is 163 g/mol. The Kier molecular flexibility index (Phi) is 5.42. The molecule has 0 aromatic rings. The Morgan fingerprint density at radius 2 is 2.00 bits per heavy atom. The molecule has 0 aliphatic carbocycles.